The Balaban J connectivity index is 1.63. The number of benzene rings is 2. The highest BCUT2D eigenvalue weighted by molar-refractivity contribution is 8.00. The molecule has 1 unspecified atom stereocenters. The van der Waals surface area contributed by atoms with Crippen molar-refractivity contribution in [2.24, 2.45) is 0 Å². The summed E-state index contributed by atoms with van der Waals surface area (Å²) in [6.45, 7) is 3.29. The van der Waals surface area contributed by atoms with Gasteiger partial charge in [0.05, 0.1) is 11.3 Å². The monoisotopic (exact) mass is 383 g/mol. The second kappa shape index (κ2) is 9.06. The van der Waals surface area contributed by atoms with Crippen LogP contribution in [0.1, 0.15) is 22.8 Å². The molecule has 0 bridgehead atoms. The number of hydrogen-bond donors (Lipinski definition) is 2. The van der Waals surface area contributed by atoms with Gasteiger partial charge in [0.2, 0.25) is 5.91 Å². The van der Waals surface area contributed by atoms with Crippen LogP contribution in [0.15, 0.2) is 53.4 Å². The molecule has 1 aliphatic rings. The minimum Gasteiger partial charge on any atom is -0.350 e. The summed E-state index contributed by atoms with van der Waals surface area (Å²) in [5, 5.41) is 6.03. The summed E-state index contributed by atoms with van der Waals surface area (Å²) < 4.78 is 0. The number of fused-ring (bicyclic) bond motifs is 1. The predicted molar refractivity (Wildman–Crippen MR) is 111 cm³/mol. The summed E-state index contributed by atoms with van der Waals surface area (Å²) in [6.07, 6.45) is 0.898. The molecular formula is C21H25N3O2S. The summed E-state index contributed by atoms with van der Waals surface area (Å²) in [5.74, 6) is 0.272. The van der Waals surface area contributed by atoms with Crippen molar-refractivity contribution >= 4 is 29.3 Å². The summed E-state index contributed by atoms with van der Waals surface area (Å²) in [6, 6.07) is 15.7. The molecule has 0 fully saturated rings. The smallest absolute Gasteiger partial charge is 0.252 e. The van der Waals surface area contributed by atoms with Gasteiger partial charge in [0.25, 0.3) is 5.91 Å². The van der Waals surface area contributed by atoms with Crippen LogP contribution >= 0.6 is 11.8 Å². The maximum Gasteiger partial charge on any atom is 0.252 e. The van der Waals surface area contributed by atoms with Crippen LogP contribution in [-0.2, 0) is 11.2 Å². The number of likely N-dealkylation sites (N-methyl/N-ethyl adjacent to an activating group) is 1. The molecule has 1 heterocycles. The lowest BCUT2D eigenvalue weighted by Crippen LogP contribution is -2.37. The molecule has 2 amide bonds. The standard InChI is InChI=1S/C21H25N3O2S/c1-15(22-2)13-23-21(26)17-8-4-6-10-19(17)27-14-20(25)24-12-11-16-7-3-5-9-18(16)24/h3-10,15,22H,11-14H2,1-2H3,(H,23,26). The Morgan fingerprint density at radius 1 is 1.15 bits per heavy atom. The molecular weight excluding hydrogens is 358 g/mol. The molecule has 2 N–H and O–H groups in total. The maximum absolute atomic E-state index is 12.7. The van der Waals surface area contributed by atoms with E-state index in [1.807, 2.05) is 55.3 Å². The van der Waals surface area contributed by atoms with Crippen LogP contribution in [0, 0.1) is 0 Å². The van der Waals surface area contributed by atoms with E-state index in [9.17, 15) is 9.59 Å². The van der Waals surface area contributed by atoms with E-state index in [-0.39, 0.29) is 17.9 Å². The van der Waals surface area contributed by atoms with Crippen molar-refractivity contribution in [1.82, 2.24) is 10.6 Å². The highest BCUT2D eigenvalue weighted by Gasteiger charge is 2.24. The fraction of sp³-hybridized carbons (Fsp3) is 0.333. The number of hydrogen-bond acceptors (Lipinski definition) is 4. The van der Waals surface area contributed by atoms with Gasteiger partial charge in [-0.2, -0.15) is 0 Å². The Morgan fingerprint density at radius 2 is 1.89 bits per heavy atom. The number of carbonyl (C=O) groups excluding carboxylic acids is 2. The molecule has 3 rings (SSSR count). The summed E-state index contributed by atoms with van der Waals surface area (Å²) in [7, 11) is 1.86. The number of para-hydroxylation sites is 1. The first-order valence-corrected chi connectivity index (χ1v) is 10.1. The summed E-state index contributed by atoms with van der Waals surface area (Å²) in [5.41, 5.74) is 2.84. The first-order chi connectivity index (χ1) is 13.1. The van der Waals surface area contributed by atoms with E-state index in [2.05, 4.69) is 16.7 Å². The number of anilines is 1. The predicted octanol–water partition coefficient (Wildman–Crippen LogP) is 2.71. The van der Waals surface area contributed by atoms with Crippen LogP contribution in [0.3, 0.4) is 0 Å². The molecule has 27 heavy (non-hydrogen) atoms. The normalized spacial score (nSPS) is 13.9. The quantitative estimate of drug-likeness (QED) is 0.722. The zero-order valence-electron chi connectivity index (χ0n) is 15.7. The lowest BCUT2D eigenvalue weighted by atomic mass is 10.2. The van der Waals surface area contributed by atoms with Crippen molar-refractivity contribution in [3.8, 4) is 0 Å². The zero-order valence-corrected chi connectivity index (χ0v) is 16.5. The molecule has 1 aliphatic heterocycles. The van der Waals surface area contributed by atoms with Gasteiger partial charge in [-0.15, -0.1) is 11.8 Å². The number of carbonyl (C=O) groups is 2. The first-order valence-electron chi connectivity index (χ1n) is 9.15. The highest BCUT2D eigenvalue weighted by atomic mass is 32.2. The third kappa shape index (κ3) is 4.70. The fourth-order valence-corrected chi connectivity index (χ4v) is 3.96. The second-order valence-corrected chi connectivity index (χ2v) is 7.63. The Bertz CT molecular complexity index is 825. The van der Waals surface area contributed by atoms with Crippen LogP contribution in [0.25, 0.3) is 0 Å². The van der Waals surface area contributed by atoms with Crippen molar-refractivity contribution in [2.45, 2.75) is 24.3 Å². The lowest BCUT2D eigenvalue weighted by Gasteiger charge is -2.17. The Kier molecular flexibility index (Phi) is 6.53. The van der Waals surface area contributed by atoms with Gasteiger partial charge in [0.15, 0.2) is 0 Å². The molecule has 0 aromatic heterocycles. The van der Waals surface area contributed by atoms with Gasteiger partial charge in [-0.3, -0.25) is 9.59 Å². The minimum atomic E-state index is -0.112. The summed E-state index contributed by atoms with van der Waals surface area (Å²) in [4.78, 5) is 27.9. The zero-order chi connectivity index (χ0) is 19.2. The van der Waals surface area contributed by atoms with Crippen LogP contribution < -0.4 is 15.5 Å². The molecule has 0 aliphatic carbocycles. The molecule has 6 heteroatoms. The molecule has 142 valence electrons. The van der Waals surface area contributed by atoms with Gasteiger partial charge in [0, 0.05) is 29.7 Å². The second-order valence-electron chi connectivity index (χ2n) is 6.61. The van der Waals surface area contributed by atoms with Crippen molar-refractivity contribution in [3.05, 3.63) is 59.7 Å². The van der Waals surface area contributed by atoms with Gasteiger partial charge in [-0.05, 0) is 44.2 Å². The van der Waals surface area contributed by atoms with Gasteiger partial charge >= 0.3 is 0 Å². The lowest BCUT2D eigenvalue weighted by molar-refractivity contribution is -0.116. The van der Waals surface area contributed by atoms with Crippen LogP contribution in [0.2, 0.25) is 0 Å². The summed E-state index contributed by atoms with van der Waals surface area (Å²) >= 11 is 1.42. The SMILES string of the molecule is CNC(C)CNC(=O)c1ccccc1SCC(=O)N1CCc2ccccc21. The highest BCUT2D eigenvalue weighted by Crippen LogP contribution is 2.29. The molecule has 0 spiro atoms. The number of rotatable bonds is 7. The third-order valence-corrected chi connectivity index (χ3v) is 5.79. The van der Waals surface area contributed by atoms with E-state index in [0.717, 1.165) is 23.5 Å². The van der Waals surface area contributed by atoms with E-state index in [1.165, 1.54) is 17.3 Å². The van der Waals surface area contributed by atoms with Crippen LogP contribution in [0.4, 0.5) is 5.69 Å². The third-order valence-electron chi connectivity index (χ3n) is 4.73. The molecule has 0 saturated heterocycles. The Morgan fingerprint density at radius 3 is 2.70 bits per heavy atom. The average molecular weight is 384 g/mol. The largest absolute Gasteiger partial charge is 0.350 e. The van der Waals surface area contributed by atoms with E-state index in [4.69, 9.17) is 0 Å². The van der Waals surface area contributed by atoms with Gasteiger partial charge in [-0.1, -0.05) is 30.3 Å². The number of amides is 2. The van der Waals surface area contributed by atoms with E-state index < -0.39 is 0 Å². The first kappa shape index (κ1) is 19.5. The molecule has 2 aromatic rings. The fourth-order valence-electron chi connectivity index (χ4n) is 3.04. The molecule has 0 radical (unpaired) electrons. The molecule has 1 atom stereocenters. The van der Waals surface area contributed by atoms with E-state index in [1.54, 1.807) is 6.07 Å². The topological polar surface area (TPSA) is 61.4 Å². The van der Waals surface area contributed by atoms with E-state index in [0.29, 0.717) is 17.9 Å². The molecule has 5 nitrogen and oxygen atoms in total. The van der Waals surface area contributed by atoms with Gasteiger partial charge in [-0.25, -0.2) is 0 Å². The van der Waals surface area contributed by atoms with Gasteiger partial charge < -0.3 is 15.5 Å². The van der Waals surface area contributed by atoms with Crippen LogP contribution in [-0.4, -0.2) is 43.7 Å². The van der Waals surface area contributed by atoms with Gasteiger partial charge in [0.1, 0.15) is 0 Å². The van der Waals surface area contributed by atoms with Crippen LogP contribution in [0.5, 0.6) is 0 Å². The maximum atomic E-state index is 12.7. The number of nitrogens with zero attached hydrogens (tertiary/aromatic N) is 1. The number of nitrogens with one attached hydrogen (secondary N) is 2. The van der Waals surface area contributed by atoms with Crippen molar-refractivity contribution in [2.75, 3.05) is 30.8 Å². The van der Waals surface area contributed by atoms with E-state index >= 15 is 0 Å². The molecule has 2 aromatic carbocycles. The van der Waals surface area contributed by atoms with Crippen molar-refractivity contribution in [1.29, 1.82) is 0 Å². The Labute approximate surface area is 164 Å². The molecule has 0 saturated carbocycles. The Hall–Kier alpha value is -2.31. The number of thioether (sulfide) groups is 1. The van der Waals surface area contributed by atoms with Crippen molar-refractivity contribution < 1.29 is 9.59 Å². The average Bonchev–Trinajstić information content (AvgIpc) is 3.14. The minimum absolute atomic E-state index is 0.0731. The van der Waals surface area contributed by atoms with Crippen molar-refractivity contribution in [3.63, 3.8) is 0 Å².